The summed E-state index contributed by atoms with van der Waals surface area (Å²) in [5.74, 6) is 0.523. The predicted molar refractivity (Wildman–Crippen MR) is 97.0 cm³/mol. The first kappa shape index (κ1) is 16.2. The molecule has 0 radical (unpaired) electrons. The van der Waals surface area contributed by atoms with Gasteiger partial charge in [-0.25, -0.2) is 18.4 Å². The molecule has 130 valence electrons. The lowest BCUT2D eigenvalue weighted by Gasteiger charge is -2.08. The van der Waals surface area contributed by atoms with Crippen LogP contribution in [-0.4, -0.2) is 23.4 Å². The summed E-state index contributed by atoms with van der Waals surface area (Å²) in [6, 6.07) is 13.4. The second-order valence-corrected chi connectivity index (χ2v) is 7.37. The molecular weight excluding hydrogens is 352 g/mol. The molecule has 0 atom stereocenters. The Labute approximate surface area is 149 Å². The van der Waals surface area contributed by atoms with Crippen LogP contribution >= 0.6 is 0 Å². The highest BCUT2D eigenvalue weighted by molar-refractivity contribution is 7.92. The van der Waals surface area contributed by atoms with Crippen molar-refractivity contribution in [3.63, 3.8) is 0 Å². The minimum Gasteiger partial charge on any atom is -0.434 e. The van der Waals surface area contributed by atoms with E-state index in [0.717, 1.165) is 5.56 Å². The molecule has 0 aliphatic heterocycles. The van der Waals surface area contributed by atoms with E-state index in [4.69, 9.17) is 4.42 Å². The van der Waals surface area contributed by atoms with Crippen molar-refractivity contribution >= 4 is 27.1 Å². The third-order valence-electron chi connectivity index (χ3n) is 3.74. The third-order valence-corrected chi connectivity index (χ3v) is 5.11. The largest absolute Gasteiger partial charge is 0.434 e. The minimum absolute atomic E-state index is 0.168. The van der Waals surface area contributed by atoms with Crippen LogP contribution in [-0.2, 0) is 10.0 Å². The lowest BCUT2D eigenvalue weighted by atomic mass is 10.2. The van der Waals surface area contributed by atoms with E-state index in [-0.39, 0.29) is 10.7 Å². The second-order valence-electron chi connectivity index (χ2n) is 5.69. The molecular formula is C18H14N4O3S. The van der Waals surface area contributed by atoms with Crippen molar-refractivity contribution < 1.29 is 12.8 Å². The second kappa shape index (κ2) is 6.23. The molecule has 0 saturated carbocycles. The van der Waals surface area contributed by atoms with Gasteiger partial charge in [0, 0.05) is 18.0 Å². The number of pyridine rings is 2. The molecule has 4 aromatic rings. The van der Waals surface area contributed by atoms with E-state index >= 15 is 0 Å². The van der Waals surface area contributed by atoms with E-state index < -0.39 is 10.0 Å². The lowest BCUT2D eigenvalue weighted by Crippen LogP contribution is -2.13. The molecule has 7 nitrogen and oxygen atoms in total. The first-order chi connectivity index (χ1) is 12.5. The number of fused-ring (bicyclic) bond motifs is 1. The van der Waals surface area contributed by atoms with Gasteiger partial charge >= 0.3 is 0 Å². The molecule has 0 fully saturated rings. The fourth-order valence-corrected chi connectivity index (χ4v) is 3.43. The molecule has 0 saturated heterocycles. The monoisotopic (exact) mass is 366 g/mol. The average molecular weight is 366 g/mol. The van der Waals surface area contributed by atoms with Crippen LogP contribution < -0.4 is 4.72 Å². The van der Waals surface area contributed by atoms with Crippen molar-refractivity contribution in [2.24, 2.45) is 0 Å². The highest BCUT2D eigenvalue weighted by Gasteiger charge is 2.16. The molecule has 3 aromatic heterocycles. The maximum Gasteiger partial charge on any atom is 0.263 e. The van der Waals surface area contributed by atoms with Gasteiger partial charge < -0.3 is 4.42 Å². The molecule has 1 N–H and O–H groups in total. The topological polar surface area (TPSA) is 98.0 Å². The van der Waals surface area contributed by atoms with Crippen LogP contribution in [0.4, 0.5) is 5.82 Å². The van der Waals surface area contributed by atoms with Crippen molar-refractivity contribution in [3.05, 3.63) is 66.5 Å². The quantitative estimate of drug-likeness (QED) is 0.594. The Morgan fingerprint density at radius 3 is 2.58 bits per heavy atom. The van der Waals surface area contributed by atoms with Crippen LogP contribution in [0.25, 0.3) is 22.7 Å². The Morgan fingerprint density at radius 2 is 1.81 bits per heavy atom. The maximum absolute atomic E-state index is 12.5. The van der Waals surface area contributed by atoms with Crippen molar-refractivity contribution in [1.29, 1.82) is 0 Å². The van der Waals surface area contributed by atoms with E-state index in [1.807, 2.05) is 6.92 Å². The first-order valence-electron chi connectivity index (χ1n) is 7.79. The van der Waals surface area contributed by atoms with Crippen LogP contribution in [0, 0.1) is 6.92 Å². The standard InChI is InChI=1S/C18H14N4O3S/c1-12-4-6-14(7-5-12)26(23,24)22-16-11-13(8-10-19-16)18-21-17-15(25-18)3-2-9-20-17/h2-11H,1H3,(H,19,22). The van der Waals surface area contributed by atoms with Gasteiger partial charge in [-0.2, -0.15) is 4.98 Å². The summed E-state index contributed by atoms with van der Waals surface area (Å²) < 4.78 is 33.1. The number of nitrogens with zero attached hydrogens (tertiary/aromatic N) is 3. The Hall–Kier alpha value is -3.26. The number of aryl methyl sites for hydroxylation is 1. The Kier molecular flexibility index (Phi) is 3.89. The Balaban J connectivity index is 1.66. The number of hydrogen-bond acceptors (Lipinski definition) is 6. The van der Waals surface area contributed by atoms with Crippen molar-refractivity contribution in [1.82, 2.24) is 15.0 Å². The zero-order valence-electron chi connectivity index (χ0n) is 13.7. The van der Waals surface area contributed by atoms with Crippen LogP contribution in [0.1, 0.15) is 5.56 Å². The van der Waals surface area contributed by atoms with Crippen molar-refractivity contribution in [2.45, 2.75) is 11.8 Å². The van der Waals surface area contributed by atoms with Crippen LogP contribution in [0.5, 0.6) is 0 Å². The predicted octanol–water partition coefficient (Wildman–Crippen LogP) is 3.39. The van der Waals surface area contributed by atoms with Gasteiger partial charge in [0.25, 0.3) is 10.0 Å². The number of rotatable bonds is 4. The number of nitrogens with one attached hydrogen (secondary N) is 1. The number of sulfonamides is 1. The van der Waals surface area contributed by atoms with Gasteiger partial charge in [-0.15, -0.1) is 0 Å². The summed E-state index contributed by atoms with van der Waals surface area (Å²) in [6.07, 6.45) is 3.12. The summed E-state index contributed by atoms with van der Waals surface area (Å²) in [5, 5.41) is 0. The smallest absolute Gasteiger partial charge is 0.263 e. The number of hydrogen-bond donors (Lipinski definition) is 1. The zero-order chi connectivity index (χ0) is 18.1. The van der Waals surface area contributed by atoms with Crippen molar-refractivity contribution in [3.8, 4) is 11.5 Å². The molecule has 0 amide bonds. The molecule has 4 rings (SSSR count). The van der Waals surface area contributed by atoms with Gasteiger partial charge in [0.1, 0.15) is 5.82 Å². The van der Waals surface area contributed by atoms with E-state index in [9.17, 15) is 8.42 Å². The molecule has 0 aliphatic rings. The third kappa shape index (κ3) is 3.14. The molecule has 0 unspecified atom stereocenters. The van der Waals surface area contributed by atoms with Crippen LogP contribution in [0.15, 0.2) is 70.2 Å². The van der Waals surface area contributed by atoms with Gasteiger partial charge in [-0.1, -0.05) is 17.7 Å². The van der Waals surface area contributed by atoms with Gasteiger partial charge in [0.15, 0.2) is 11.2 Å². The summed E-state index contributed by atoms with van der Waals surface area (Å²) in [5.41, 5.74) is 2.62. The number of anilines is 1. The van der Waals surface area contributed by atoms with Crippen LogP contribution in [0.2, 0.25) is 0 Å². The number of benzene rings is 1. The summed E-state index contributed by atoms with van der Waals surface area (Å²) in [7, 11) is -3.73. The fourth-order valence-electron chi connectivity index (χ4n) is 2.43. The highest BCUT2D eigenvalue weighted by Crippen LogP contribution is 2.25. The van der Waals surface area contributed by atoms with Crippen molar-refractivity contribution in [2.75, 3.05) is 4.72 Å². The molecule has 0 bridgehead atoms. The number of aromatic nitrogens is 3. The normalized spacial score (nSPS) is 11.6. The van der Waals surface area contributed by atoms with Gasteiger partial charge in [-0.3, -0.25) is 4.72 Å². The Morgan fingerprint density at radius 1 is 1.00 bits per heavy atom. The zero-order valence-corrected chi connectivity index (χ0v) is 14.6. The molecule has 8 heteroatoms. The summed E-state index contributed by atoms with van der Waals surface area (Å²) in [6.45, 7) is 1.89. The average Bonchev–Trinajstić information content (AvgIpc) is 3.06. The maximum atomic E-state index is 12.5. The van der Waals surface area contributed by atoms with Gasteiger partial charge in [0.2, 0.25) is 5.89 Å². The van der Waals surface area contributed by atoms with Crippen LogP contribution in [0.3, 0.4) is 0 Å². The Bertz CT molecular complexity index is 1150. The minimum atomic E-state index is -3.73. The van der Waals surface area contributed by atoms with E-state index in [2.05, 4.69) is 19.7 Å². The molecule has 0 aliphatic carbocycles. The first-order valence-corrected chi connectivity index (χ1v) is 9.27. The lowest BCUT2D eigenvalue weighted by molar-refractivity contribution is 0.601. The van der Waals surface area contributed by atoms with Gasteiger partial charge in [-0.05, 0) is 43.3 Å². The summed E-state index contributed by atoms with van der Waals surface area (Å²) in [4.78, 5) is 12.7. The number of oxazole rings is 1. The van der Waals surface area contributed by atoms with E-state index in [0.29, 0.717) is 22.7 Å². The fraction of sp³-hybridized carbons (Fsp3) is 0.0556. The van der Waals surface area contributed by atoms with Gasteiger partial charge in [0.05, 0.1) is 4.90 Å². The molecule has 26 heavy (non-hydrogen) atoms. The molecule has 3 heterocycles. The highest BCUT2D eigenvalue weighted by atomic mass is 32.2. The van der Waals surface area contributed by atoms with E-state index in [1.54, 1.807) is 54.7 Å². The summed E-state index contributed by atoms with van der Waals surface area (Å²) >= 11 is 0. The van der Waals surface area contributed by atoms with E-state index in [1.165, 1.54) is 6.20 Å². The molecule has 1 aromatic carbocycles. The molecule has 0 spiro atoms. The SMILES string of the molecule is Cc1ccc(S(=O)(=O)Nc2cc(-c3nc4ncccc4o3)ccn2)cc1.